The monoisotopic (exact) mass is 221 g/mol. The number of aliphatic hydroxyl groups is 1. The molecule has 2 rings (SSSR count). The predicted octanol–water partition coefficient (Wildman–Crippen LogP) is 0.907. The van der Waals surface area contributed by atoms with Gasteiger partial charge in [-0.25, -0.2) is 0 Å². The van der Waals surface area contributed by atoms with Gasteiger partial charge in [0, 0.05) is 0 Å². The Morgan fingerprint density at radius 3 is 2.62 bits per heavy atom. The van der Waals surface area contributed by atoms with Crippen molar-refractivity contribution in [2.45, 2.75) is 19.4 Å². The first-order valence-electron chi connectivity index (χ1n) is 5.21. The first-order valence-corrected chi connectivity index (χ1v) is 5.21. The van der Waals surface area contributed by atoms with Crippen LogP contribution in [0.15, 0.2) is 18.2 Å². The minimum atomic E-state index is -0.783. The van der Waals surface area contributed by atoms with Crippen LogP contribution in [0.2, 0.25) is 0 Å². The molecule has 1 fully saturated rings. The van der Waals surface area contributed by atoms with Gasteiger partial charge < -0.3 is 15.1 Å². The van der Waals surface area contributed by atoms with Crippen molar-refractivity contribution in [2.24, 2.45) is 0 Å². The molecule has 1 aliphatic rings. The van der Waals surface area contributed by atoms with Crippen LogP contribution >= 0.6 is 0 Å². The van der Waals surface area contributed by atoms with Gasteiger partial charge in [-0.15, -0.1) is 0 Å². The molecule has 0 saturated carbocycles. The molecule has 1 amide bonds. The first kappa shape index (κ1) is 11.0. The molecular weight excluding hydrogens is 206 g/mol. The molecule has 0 atom stereocenters. The van der Waals surface area contributed by atoms with E-state index in [2.05, 4.69) is 0 Å². The third kappa shape index (κ3) is 1.76. The number of hydrogen-bond donors (Lipinski definition) is 2. The van der Waals surface area contributed by atoms with Gasteiger partial charge in [-0.3, -0.25) is 4.79 Å². The highest BCUT2D eigenvalue weighted by atomic mass is 16.3. The SMILES string of the molecule is Cc1cccc(C(=O)N2CC(C)(O)C2)c1O. The smallest absolute Gasteiger partial charge is 0.257 e. The molecule has 16 heavy (non-hydrogen) atoms. The Hall–Kier alpha value is -1.55. The van der Waals surface area contributed by atoms with Crippen LogP contribution in [-0.4, -0.2) is 39.7 Å². The normalized spacial score (nSPS) is 18.1. The molecule has 86 valence electrons. The van der Waals surface area contributed by atoms with Crippen molar-refractivity contribution in [1.29, 1.82) is 0 Å². The number of phenolic OH excluding ortho intramolecular Hbond substituents is 1. The van der Waals surface area contributed by atoms with E-state index in [1.807, 2.05) is 0 Å². The number of aryl methyl sites for hydroxylation is 1. The molecule has 0 aliphatic carbocycles. The molecule has 0 spiro atoms. The van der Waals surface area contributed by atoms with Crippen molar-refractivity contribution < 1.29 is 15.0 Å². The van der Waals surface area contributed by atoms with Crippen molar-refractivity contribution in [1.82, 2.24) is 4.90 Å². The van der Waals surface area contributed by atoms with Crippen LogP contribution in [0.25, 0.3) is 0 Å². The van der Waals surface area contributed by atoms with Gasteiger partial charge >= 0.3 is 0 Å². The number of para-hydroxylation sites is 1. The lowest BCUT2D eigenvalue weighted by atomic mass is 9.95. The summed E-state index contributed by atoms with van der Waals surface area (Å²) in [5, 5.41) is 19.3. The van der Waals surface area contributed by atoms with Gasteiger partial charge in [-0.05, 0) is 25.5 Å². The zero-order valence-corrected chi connectivity index (χ0v) is 9.40. The zero-order valence-electron chi connectivity index (χ0n) is 9.40. The van der Waals surface area contributed by atoms with Crippen LogP contribution in [0.4, 0.5) is 0 Å². The second kappa shape index (κ2) is 3.49. The van der Waals surface area contributed by atoms with E-state index in [1.54, 1.807) is 32.0 Å². The van der Waals surface area contributed by atoms with Crippen molar-refractivity contribution >= 4 is 5.91 Å². The maximum absolute atomic E-state index is 11.9. The Morgan fingerprint density at radius 2 is 2.06 bits per heavy atom. The molecule has 0 bridgehead atoms. The lowest BCUT2D eigenvalue weighted by Crippen LogP contribution is -2.61. The molecule has 1 aromatic carbocycles. The molecular formula is C12H15NO3. The summed E-state index contributed by atoms with van der Waals surface area (Å²) >= 11 is 0. The summed E-state index contributed by atoms with van der Waals surface area (Å²) < 4.78 is 0. The number of hydrogen-bond acceptors (Lipinski definition) is 3. The minimum Gasteiger partial charge on any atom is -0.507 e. The van der Waals surface area contributed by atoms with Gasteiger partial charge in [-0.2, -0.15) is 0 Å². The van der Waals surface area contributed by atoms with E-state index >= 15 is 0 Å². The Balaban J connectivity index is 2.20. The molecule has 0 aromatic heterocycles. The van der Waals surface area contributed by atoms with Gasteiger partial charge in [0.05, 0.1) is 24.3 Å². The number of nitrogens with zero attached hydrogens (tertiary/aromatic N) is 1. The highest BCUT2D eigenvalue weighted by Gasteiger charge is 2.40. The van der Waals surface area contributed by atoms with Crippen molar-refractivity contribution in [3.05, 3.63) is 29.3 Å². The summed E-state index contributed by atoms with van der Waals surface area (Å²) in [6.45, 7) is 4.07. The molecule has 1 heterocycles. The maximum atomic E-state index is 11.9. The van der Waals surface area contributed by atoms with Crippen LogP contribution in [0, 0.1) is 6.92 Å². The predicted molar refractivity (Wildman–Crippen MR) is 59.4 cm³/mol. The van der Waals surface area contributed by atoms with Crippen molar-refractivity contribution in [3.8, 4) is 5.75 Å². The summed E-state index contributed by atoms with van der Waals surface area (Å²) in [6, 6.07) is 5.08. The molecule has 0 radical (unpaired) electrons. The number of phenols is 1. The largest absolute Gasteiger partial charge is 0.507 e. The van der Waals surface area contributed by atoms with Crippen molar-refractivity contribution in [3.63, 3.8) is 0 Å². The minimum absolute atomic E-state index is 0.0269. The molecule has 4 heteroatoms. The summed E-state index contributed by atoms with van der Waals surface area (Å²) in [5.41, 5.74) is 0.198. The number of β-amino-alcohol motifs (C(OH)–C–C–N with tert-alkyl or cyclic N) is 1. The fraction of sp³-hybridized carbons (Fsp3) is 0.417. The van der Waals surface area contributed by atoms with Gasteiger partial charge in [0.1, 0.15) is 5.75 Å². The molecule has 1 saturated heterocycles. The van der Waals surface area contributed by atoms with Gasteiger partial charge in [0.15, 0.2) is 0 Å². The van der Waals surface area contributed by atoms with Crippen LogP contribution in [0.1, 0.15) is 22.8 Å². The number of rotatable bonds is 1. The summed E-state index contributed by atoms with van der Waals surface area (Å²) in [5.74, 6) is -0.202. The number of likely N-dealkylation sites (tertiary alicyclic amines) is 1. The Morgan fingerprint density at radius 1 is 1.44 bits per heavy atom. The van der Waals surface area contributed by atoms with E-state index in [4.69, 9.17) is 0 Å². The van der Waals surface area contributed by atoms with Crippen LogP contribution in [0.5, 0.6) is 5.75 Å². The van der Waals surface area contributed by atoms with Gasteiger partial charge in [0.2, 0.25) is 0 Å². The van der Waals surface area contributed by atoms with Gasteiger partial charge in [-0.1, -0.05) is 12.1 Å². The maximum Gasteiger partial charge on any atom is 0.257 e. The quantitative estimate of drug-likeness (QED) is 0.741. The summed E-state index contributed by atoms with van der Waals surface area (Å²) in [7, 11) is 0. The number of carbonyl (C=O) groups excluding carboxylic acids is 1. The lowest BCUT2D eigenvalue weighted by Gasteiger charge is -2.44. The van der Waals surface area contributed by atoms with E-state index in [1.165, 1.54) is 4.90 Å². The van der Waals surface area contributed by atoms with E-state index in [9.17, 15) is 15.0 Å². The molecule has 4 nitrogen and oxygen atoms in total. The van der Waals surface area contributed by atoms with Crippen LogP contribution in [0.3, 0.4) is 0 Å². The standard InChI is InChI=1S/C12H15NO3/c1-8-4-3-5-9(10(8)14)11(15)13-6-12(2,16)7-13/h3-5,14,16H,6-7H2,1-2H3. The second-order valence-corrected chi connectivity index (χ2v) is 4.63. The first-order chi connectivity index (χ1) is 7.41. The van der Waals surface area contributed by atoms with Gasteiger partial charge in [0.25, 0.3) is 5.91 Å². The summed E-state index contributed by atoms with van der Waals surface area (Å²) in [4.78, 5) is 13.5. The Bertz CT molecular complexity index is 432. The van der Waals surface area contributed by atoms with E-state index in [-0.39, 0.29) is 11.7 Å². The lowest BCUT2D eigenvalue weighted by molar-refractivity contribution is -0.0669. The number of benzene rings is 1. The molecule has 0 unspecified atom stereocenters. The van der Waals surface area contributed by atoms with E-state index < -0.39 is 5.60 Å². The third-order valence-corrected chi connectivity index (χ3v) is 2.82. The van der Waals surface area contributed by atoms with Crippen LogP contribution < -0.4 is 0 Å². The number of aromatic hydroxyl groups is 1. The third-order valence-electron chi connectivity index (χ3n) is 2.82. The van der Waals surface area contributed by atoms with Crippen LogP contribution in [-0.2, 0) is 0 Å². The molecule has 2 N–H and O–H groups in total. The average molecular weight is 221 g/mol. The van der Waals surface area contributed by atoms with E-state index in [0.29, 0.717) is 24.2 Å². The highest BCUT2D eigenvalue weighted by Crippen LogP contribution is 2.27. The number of carbonyl (C=O) groups is 1. The molecule has 1 aliphatic heterocycles. The molecule has 1 aromatic rings. The highest BCUT2D eigenvalue weighted by molar-refractivity contribution is 5.97. The fourth-order valence-corrected chi connectivity index (χ4v) is 1.92. The van der Waals surface area contributed by atoms with Crippen molar-refractivity contribution in [2.75, 3.05) is 13.1 Å². The van der Waals surface area contributed by atoms with E-state index in [0.717, 1.165) is 0 Å². The fourth-order valence-electron chi connectivity index (χ4n) is 1.92. The Kier molecular flexibility index (Phi) is 2.39. The zero-order chi connectivity index (χ0) is 11.9. The Labute approximate surface area is 94.1 Å². The summed E-state index contributed by atoms with van der Waals surface area (Å²) in [6.07, 6.45) is 0. The topological polar surface area (TPSA) is 60.8 Å². The number of amides is 1. The average Bonchev–Trinajstić information content (AvgIpc) is 2.17. The second-order valence-electron chi connectivity index (χ2n) is 4.63.